The van der Waals surface area contributed by atoms with Gasteiger partial charge in [-0.05, 0) is 26.3 Å². The van der Waals surface area contributed by atoms with Gasteiger partial charge in [-0.25, -0.2) is 9.59 Å². The van der Waals surface area contributed by atoms with Crippen LogP contribution in [0.3, 0.4) is 0 Å². The van der Waals surface area contributed by atoms with Crippen LogP contribution in [-0.4, -0.2) is 57.9 Å². The van der Waals surface area contributed by atoms with E-state index in [1.165, 1.54) is 0 Å². The molecule has 0 spiro atoms. The summed E-state index contributed by atoms with van der Waals surface area (Å²) in [4.78, 5) is 59.9. The number of esters is 2. The Kier molecular flexibility index (Phi) is 7.70. The van der Waals surface area contributed by atoms with Crippen LogP contribution < -0.4 is 5.32 Å². The fraction of sp³-hybridized carbons (Fsp3) is 0.450. The molecule has 0 radical (unpaired) electrons. The molecule has 2 N–H and O–H groups in total. The zero-order valence-electron chi connectivity index (χ0n) is 17.3. The smallest absolute Gasteiger partial charge is 0.408 e. The van der Waals surface area contributed by atoms with E-state index >= 15 is 0 Å². The lowest BCUT2D eigenvalue weighted by Crippen LogP contribution is -2.47. The Morgan fingerprint density at radius 2 is 1.84 bits per heavy atom. The van der Waals surface area contributed by atoms with Gasteiger partial charge in [0.2, 0.25) is 0 Å². The average molecular weight is 436 g/mol. The van der Waals surface area contributed by atoms with E-state index in [2.05, 4.69) is 5.32 Å². The number of benzene rings is 1. The molecule has 0 aromatic heterocycles. The van der Waals surface area contributed by atoms with Crippen LogP contribution in [0.2, 0.25) is 0 Å². The van der Waals surface area contributed by atoms with Crippen LogP contribution in [0.15, 0.2) is 30.3 Å². The molecule has 1 aromatic carbocycles. The van der Waals surface area contributed by atoms with Gasteiger partial charge < -0.3 is 19.5 Å². The first-order chi connectivity index (χ1) is 14.5. The SMILES string of the molecule is CC(C)(C)OC(=O)N[C@@H](CC(=O)OCc1ccccc1)C(=O)OC1CC(=O)N(O)C1=O. The average Bonchev–Trinajstić information content (AvgIpc) is 2.92. The topological polar surface area (TPSA) is 149 Å². The van der Waals surface area contributed by atoms with Gasteiger partial charge in [-0.1, -0.05) is 30.3 Å². The van der Waals surface area contributed by atoms with E-state index in [1.54, 1.807) is 51.1 Å². The van der Waals surface area contributed by atoms with Crippen LogP contribution in [0, 0.1) is 0 Å². The first-order valence-corrected chi connectivity index (χ1v) is 9.41. The number of hydrogen-bond acceptors (Lipinski definition) is 9. The summed E-state index contributed by atoms with van der Waals surface area (Å²) in [6.07, 6.45) is -3.72. The lowest BCUT2D eigenvalue weighted by Gasteiger charge is -2.23. The number of ether oxygens (including phenoxy) is 3. The maximum absolute atomic E-state index is 12.5. The minimum Gasteiger partial charge on any atom is -0.461 e. The van der Waals surface area contributed by atoms with Crippen LogP contribution in [0.25, 0.3) is 0 Å². The van der Waals surface area contributed by atoms with Crippen molar-refractivity contribution in [3.8, 4) is 0 Å². The number of nitrogens with zero attached hydrogens (tertiary/aromatic N) is 1. The molecule has 0 saturated carbocycles. The number of nitrogens with one attached hydrogen (secondary N) is 1. The fourth-order valence-corrected chi connectivity index (χ4v) is 2.51. The largest absolute Gasteiger partial charge is 0.461 e. The van der Waals surface area contributed by atoms with Crippen molar-refractivity contribution in [3.63, 3.8) is 0 Å². The summed E-state index contributed by atoms with van der Waals surface area (Å²) in [6, 6.07) is 7.25. The van der Waals surface area contributed by atoms with Crippen LogP contribution in [0.5, 0.6) is 0 Å². The van der Waals surface area contributed by atoms with E-state index in [0.717, 1.165) is 0 Å². The van der Waals surface area contributed by atoms with E-state index in [1.807, 2.05) is 0 Å². The Morgan fingerprint density at radius 3 is 2.39 bits per heavy atom. The Hall–Kier alpha value is -3.47. The summed E-state index contributed by atoms with van der Waals surface area (Å²) >= 11 is 0. The minimum absolute atomic E-state index is 0.0526. The number of carbonyl (C=O) groups excluding carboxylic acids is 5. The van der Waals surface area contributed by atoms with Crippen molar-refractivity contribution in [1.82, 2.24) is 10.4 Å². The molecule has 1 aliphatic heterocycles. The zero-order valence-corrected chi connectivity index (χ0v) is 17.3. The minimum atomic E-state index is -1.56. The van der Waals surface area contributed by atoms with Gasteiger partial charge in [-0.2, -0.15) is 5.06 Å². The third-order valence-corrected chi connectivity index (χ3v) is 3.93. The van der Waals surface area contributed by atoms with Gasteiger partial charge in [0.15, 0.2) is 6.10 Å². The van der Waals surface area contributed by atoms with Crippen molar-refractivity contribution in [1.29, 1.82) is 0 Å². The summed E-state index contributed by atoms with van der Waals surface area (Å²) in [5, 5.41) is 11.3. The van der Waals surface area contributed by atoms with E-state index < -0.39 is 60.4 Å². The van der Waals surface area contributed by atoms with E-state index in [-0.39, 0.29) is 11.7 Å². The number of imide groups is 1. The molecule has 1 saturated heterocycles. The molecule has 1 aliphatic rings. The Labute approximate surface area is 178 Å². The number of amides is 3. The summed E-state index contributed by atoms with van der Waals surface area (Å²) in [5.41, 5.74) is -0.161. The Bertz CT molecular complexity index is 848. The maximum atomic E-state index is 12.5. The molecular weight excluding hydrogens is 412 g/mol. The van der Waals surface area contributed by atoms with Gasteiger partial charge in [0, 0.05) is 0 Å². The highest BCUT2D eigenvalue weighted by atomic mass is 16.6. The first-order valence-electron chi connectivity index (χ1n) is 9.41. The van der Waals surface area contributed by atoms with Gasteiger partial charge in [0.05, 0.1) is 12.8 Å². The predicted octanol–water partition coefficient (Wildman–Crippen LogP) is 1.07. The normalized spacial score (nSPS) is 17.2. The third-order valence-electron chi connectivity index (χ3n) is 3.93. The van der Waals surface area contributed by atoms with Crippen LogP contribution in [0.1, 0.15) is 39.2 Å². The van der Waals surface area contributed by atoms with Crippen molar-refractivity contribution in [2.24, 2.45) is 0 Å². The van der Waals surface area contributed by atoms with E-state index in [0.29, 0.717) is 5.56 Å². The molecule has 3 amide bonds. The monoisotopic (exact) mass is 436 g/mol. The summed E-state index contributed by atoms with van der Waals surface area (Å²) in [6.45, 7) is 4.76. The van der Waals surface area contributed by atoms with E-state index in [9.17, 15) is 29.2 Å². The van der Waals surface area contributed by atoms with Crippen molar-refractivity contribution in [3.05, 3.63) is 35.9 Å². The molecule has 1 aromatic rings. The summed E-state index contributed by atoms with van der Waals surface area (Å²) < 4.78 is 15.1. The van der Waals surface area contributed by atoms with E-state index in [4.69, 9.17) is 14.2 Å². The van der Waals surface area contributed by atoms with Crippen molar-refractivity contribution >= 4 is 29.8 Å². The lowest BCUT2D eigenvalue weighted by molar-refractivity contribution is -0.177. The number of hydrogen-bond donors (Lipinski definition) is 2. The molecule has 1 fully saturated rings. The zero-order chi connectivity index (χ0) is 23.2. The van der Waals surface area contributed by atoms with Crippen LogP contribution in [0.4, 0.5) is 4.79 Å². The molecule has 2 atom stereocenters. The standard InChI is InChI=1S/C20H24N2O9/c1-20(2,3)31-19(27)21-13(9-16(24)29-11-12-7-5-4-6-8-12)18(26)30-14-10-15(23)22(28)17(14)25/h4-8,13-14,28H,9-11H2,1-3H3,(H,21,27)/t13-,14?/m0/s1. The highest BCUT2D eigenvalue weighted by Crippen LogP contribution is 2.16. The van der Waals surface area contributed by atoms with Crippen molar-refractivity contribution < 1.29 is 43.4 Å². The van der Waals surface area contributed by atoms with Gasteiger partial charge in [-0.15, -0.1) is 0 Å². The molecule has 1 unspecified atom stereocenters. The fourth-order valence-electron chi connectivity index (χ4n) is 2.51. The van der Waals surface area contributed by atoms with Crippen LogP contribution >= 0.6 is 0 Å². The maximum Gasteiger partial charge on any atom is 0.408 e. The van der Waals surface area contributed by atoms with Gasteiger partial charge in [0.25, 0.3) is 11.8 Å². The number of carbonyl (C=O) groups is 5. The predicted molar refractivity (Wildman–Crippen MR) is 102 cm³/mol. The van der Waals surface area contributed by atoms with Crippen LogP contribution in [-0.2, 0) is 40.0 Å². The molecule has 11 nitrogen and oxygen atoms in total. The van der Waals surface area contributed by atoms with Gasteiger partial charge in [-0.3, -0.25) is 19.6 Å². The lowest BCUT2D eigenvalue weighted by atomic mass is 10.2. The van der Waals surface area contributed by atoms with Crippen molar-refractivity contribution in [2.45, 2.75) is 58.0 Å². The molecular formula is C20H24N2O9. The van der Waals surface area contributed by atoms with Crippen molar-refractivity contribution in [2.75, 3.05) is 0 Å². The molecule has 0 aliphatic carbocycles. The molecule has 168 valence electrons. The molecule has 31 heavy (non-hydrogen) atoms. The first kappa shape index (κ1) is 23.8. The molecule has 11 heteroatoms. The quantitative estimate of drug-likeness (QED) is 0.277. The summed E-state index contributed by atoms with van der Waals surface area (Å²) in [5.74, 6) is -4.05. The second-order valence-electron chi connectivity index (χ2n) is 7.72. The molecule has 0 bridgehead atoms. The number of hydroxylamine groups is 2. The Morgan fingerprint density at radius 1 is 1.19 bits per heavy atom. The molecule has 1 heterocycles. The molecule has 2 rings (SSSR count). The highest BCUT2D eigenvalue weighted by molar-refractivity contribution is 6.04. The Balaban J connectivity index is 2.03. The summed E-state index contributed by atoms with van der Waals surface area (Å²) in [7, 11) is 0. The van der Waals surface area contributed by atoms with Gasteiger partial charge in [0.1, 0.15) is 18.2 Å². The third kappa shape index (κ3) is 7.37. The number of alkyl carbamates (subject to hydrolysis) is 1. The second-order valence-corrected chi connectivity index (χ2v) is 7.72. The van der Waals surface area contributed by atoms with Gasteiger partial charge >= 0.3 is 18.0 Å². The number of rotatable bonds is 7. The highest BCUT2D eigenvalue weighted by Gasteiger charge is 2.42. The second kappa shape index (κ2) is 10.0.